The third-order valence-corrected chi connectivity index (χ3v) is 3.76. The zero-order valence-corrected chi connectivity index (χ0v) is 14.8. The number of aromatic nitrogens is 2. The van der Waals surface area contributed by atoms with Crippen LogP contribution in [0, 0.1) is 0 Å². The first-order valence-electron chi connectivity index (χ1n) is 8.38. The molecule has 2 aromatic carbocycles. The molecular weight excluding hydrogens is 375 g/mol. The van der Waals surface area contributed by atoms with Crippen LogP contribution >= 0.6 is 0 Å². The number of ether oxygens (including phenoxy) is 1. The van der Waals surface area contributed by atoms with E-state index in [0.717, 1.165) is 6.07 Å². The van der Waals surface area contributed by atoms with E-state index in [-0.39, 0.29) is 5.69 Å². The largest absolute Gasteiger partial charge is 0.484 e. The summed E-state index contributed by atoms with van der Waals surface area (Å²) in [4.78, 5) is 16.2. The average Bonchev–Trinajstić information content (AvgIpc) is 3.16. The SMILES string of the molecule is CCc1noc(-c2ccc(OCC(=O)Nc3ccccc3C(F)(F)F)cc2)n1. The molecular formula is C19H16F3N3O3. The van der Waals surface area contributed by atoms with Crippen LogP contribution in [0.2, 0.25) is 0 Å². The van der Waals surface area contributed by atoms with Crippen molar-refractivity contribution in [1.29, 1.82) is 0 Å². The molecule has 1 aromatic heterocycles. The molecule has 3 rings (SSSR count). The fourth-order valence-electron chi connectivity index (χ4n) is 2.38. The molecule has 0 atom stereocenters. The summed E-state index contributed by atoms with van der Waals surface area (Å²) in [6, 6.07) is 11.3. The van der Waals surface area contributed by atoms with Gasteiger partial charge in [0, 0.05) is 12.0 Å². The number of carbonyl (C=O) groups is 1. The predicted octanol–water partition coefficient (Wildman–Crippen LogP) is 4.34. The maximum atomic E-state index is 13.0. The highest BCUT2D eigenvalue weighted by Gasteiger charge is 2.33. The summed E-state index contributed by atoms with van der Waals surface area (Å²) in [5.41, 5.74) is -0.552. The summed E-state index contributed by atoms with van der Waals surface area (Å²) in [6.07, 6.45) is -3.91. The minimum atomic E-state index is -4.56. The lowest BCUT2D eigenvalue weighted by molar-refractivity contribution is -0.137. The van der Waals surface area contributed by atoms with Gasteiger partial charge in [-0.1, -0.05) is 24.2 Å². The number of nitrogens with one attached hydrogen (secondary N) is 1. The lowest BCUT2D eigenvalue weighted by Crippen LogP contribution is -2.22. The van der Waals surface area contributed by atoms with Crippen molar-refractivity contribution in [2.75, 3.05) is 11.9 Å². The van der Waals surface area contributed by atoms with Gasteiger partial charge in [-0.25, -0.2) is 0 Å². The van der Waals surface area contributed by atoms with E-state index >= 15 is 0 Å². The Bertz CT molecular complexity index is 953. The van der Waals surface area contributed by atoms with Gasteiger partial charge in [-0.15, -0.1) is 0 Å². The molecule has 28 heavy (non-hydrogen) atoms. The van der Waals surface area contributed by atoms with Gasteiger partial charge in [0.2, 0.25) is 0 Å². The minimum Gasteiger partial charge on any atom is -0.484 e. The van der Waals surface area contributed by atoms with Crippen molar-refractivity contribution in [3.8, 4) is 17.2 Å². The van der Waals surface area contributed by atoms with Crippen LogP contribution in [0.25, 0.3) is 11.5 Å². The van der Waals surface area contributed by atoms with E-state index in [0.29, 0.717) is 29.4 Å². The second-order valence-electron chi connectivity index (χ2n) is 5.77. The molecule has 3 aromatic rings. The highest BCUT2D eigenvalue weighted by Crippen LogP contribution is 2.34. The molecule has 0 aliphatic heterocycles. The molecule has 1 N–H and O–H groups in total. The van der Waals surface area contributed by atoms with Crippen molar-refractivity contribution in [3.05, 3.63) is 59.9 Å². The molecule has 0 unspecified atom stereocenters. The Morgan fingerprint density at radius 3 is 2.50 bits per heavy atom. The second kappa shape index (κ2) is 8.12. The number of hydrogen-bond acceptors (Lipinski definition) is 5. The molecule has 6 nitrogen and oxygen atoms in total. The van der Waals surface area contributed by atoms with Crippen LogP contribution in [0.4, 0.5) is 18.9 Å². The predicted molar refractivity (Wildman–Crippen MR) is 94.7 cm³/mol. The van der Waals surface area contributed by atoms with Crippen molar-refractivity contribution in [2.24, 2.45) is 0 Å². The number of hydrogen-bond donors (Lipinski definition) is 1. The van der Waals surface area contributed by atoms with E-state index in [9.17, 15) is 18.0 Å². The lowest BCUT2D eigenvalue weighted by atomic mass is 10.1. The number of anilines is 1. The molecule has 1 heterocycles. The van der Waals surface area contributed by atoms with E-state index in [1.54, 1.807) is 24.3 Å². The van der Waals surface area contributed by atoms with Gasteiger partial charge in [-0.05, 0) is 36.4 Å². The number of alkyl halides is 3. The van der Waals surface area contributed by atoms with Crippen LogP contribution in [-0.2, 0) is 17.4 Å². The van der Waals surface area contributed by atoms with E-state index in [4.69, 9.17) is 9.26 Å². The minimum absolute atomic E-state index is 0.318. The Balaban J connectivity index is 1.59. The van der Waals surface area contributed by atoms with Gasteiger partial charge in [0.25, 0.3) is 11.8 Å². The normalized spacial score (nSPS) is 11.3. The quantitative estimate of drug-likeness (QED) is 0.677. The third kappa shape index (κ3) is 4.67. The topological polar surface area (TPSA) is 77.2 Å². The lowest BCUT2D eigenvalue weighted by Gasteiger charge is -2.13. The third-order valence-electron chi connectivity index (χ3n) is 3.76. The van der Waals surface area contributed by atoms with E-state index in [1.165, 1.54) is 18.2 Å². The molecule has 0 radical (unpaired) electrons. The van der Waals surface area contributed by atoms with Crippen LogP contribution < -0.4 is 10.1 Å². The first-order chi connectivity index (χ1) is 13.4. The standard InChI is InChI=1S/C19H16F3N3O3/c1-2-16-24-18(28-25-16)12-7-9-13(10-8-12)27-11-17(26)23-15-6-4-3-5-14(15)19(20,21)22/h3-10H,2,11H2,1H3,(H,23,26). The highest BCUT2D eigenvalue weighted by atomic mass is 19.4. The molecule has 146 valence electrons. The van der Waals surface area contributed by atoms with Gasteiger partial charge in [-0.3, -0.25) is 4.79 Å². The van der Waals surface area contributed by atoms with Gasteiger partial charge in [0.15, 0.2) is 12.4 Å². The zero-order chi connectivity index (χ0) is 20.1. The first-order valence-corrected chi connectivity index (χ1v) is 8.38. The number of benzene rings is 2. The number of amides is 1. The van der Waals surface area contributed by atoms with Crippen molar-refractivity contribution in [1.82, 2.24) is 10.1 Å². The number of halogens is 3. The zero-order valence-electron chi connectivity index (χ0n) is 14.8. The van der Waals surface area contributed by atoms with Crippen molar-refractivity contribution < 1.29 is 27.2 Å². The number of nitrogens with zero attached hydrogens (tertiary/aromatic N) is 2. The maximum absolute atomic E-state index is 13.0. The fourth-order valence-corrected chi connectivity index (χ4v) is 2.38. The molecule has 0 fully saturated rings. The van der Waals surface area contributed by atoms with Gasteiger partial charge >= 0.3 is 6.18 Å². The van der Waals surface area contributed by atoms with Gasteiger partial charge in [-0.2, -0.15) is 18.2 Å². The van der Waals surface area contributed by atoms with Crippen LogP contribution in [-0.4, -0.2) is 22.7 Å². The Hall–Kier alpha value is -3.36. The van der Waals surface area contributed by atoms with Crippen LogP contribution in [0.1, 0.15) is 18.3 Å². The number of rotatable bonds is 6. The Labute approximate surface area is 158 Å². The molecule has 0 aliphatic carbocycles. The van der Waals surface area contributed by atoms with Crippen molar-refractivity contribution in [3.63, 3.8) is 0 Å². The molecule has 1 amide bonds. The Kier molecular flexibility index (Phi) is 5.62. The van der Waals surface area contributed by atoms with Crippen LogP contribution in [0.3, 0.4) is 0 Å². The van der Waals surface area contributed by atoms with Crippen LogP contribution in [0.5, 0.6) is 5.75 Å². The molecule has 0 bridgehead atoms. The van der Waals surface area contributed by atoms with Crippen molar-refractivity contribution >= 4 is 11.6 Å². The summed E-state index contributed by atoms with van der Waals surface area (Å²) in [5.74, 6) is 0.625. The van der Waals surface area contributed by atoms with Crippen LogP contribution in [0.15, 0.2) is 53.1 Å². The maximum Gasteiger partial charge on any atom is 0.418 e. The van der Waals surface area contributed by atoms with Crippen molar-refractivity contribution in [2.45, 2.75) is 19.5 Å². The number of para-hydroxylation sites is 1. The van der Waals surface area contributed by atoms with E-state index in [1.807, 2.05) is 6.92 Å². The average molecular weight is 391 g/mol. The number of aryl methyl sites for hydroxylation is 1. The van der Waals surface area contributed by atoms with Gasteiger partial charge in [0.05, 0.1) is 11.3 Å². The smallest absolute Gasteiger partial charge is 0.418 e. The Morgan fingerprint density at radius 2 is 1.86 bits per heavy atom. The fraction of sp³-hybridized carbons (Fsp3) is 0.211. The molecule has 0 saturated carbocycles. The van der Waals surface area contributed by atoms with E-state index < -0.39 is 24.3 Å². The molecule has 0 aliphatic rings. The summed E-state index contributed by atoms with van der Waals surface area (Å²) < 4.78 is 49.3. The molecule has 0 spiro atoms. The van der Waals surface area contributed by atoms with E-state index in [2.05, 4.69) is 15.5 Å². The molecule has 9 heteroatoms. The summed E-state index contributed by atoms with van der Waals surface area (Å²) in [7, 11) is 0. The Morgan fingerprint density at radius 1 is 1.14 bits per heavy atom. The molecule has 0 saturated heterocycles. The first kappa shape index (κ1) is 19.4. The monoisotopic (exact) mass is 391 g/mol. The van der Waals surface area contributed by atoms with Gasteiger partial charge in [0.1, 0.15) is 5.75 Å². The number of carbonyl (C=O) groups excluding carboxylic acids is 1. The summed E-state index contributed by atoms with van der Waals surface area (Å²) in [5, 5.41) is 6.02. The summed E-state index contributed by atoms with van der Waals surface area (Å²) >= 11 is 0. The second-order valence-corrected chi connectivity index (χ2v) is 5.77. The summed E-state index contributed by atoms with van der Waals surface area (Å²) in [6.45, 7) is 1.47. The highest BCUT2D eigenvalue weighted by molar-refractivity contribution is 5.92. The van der Waals surface area contributed by atoms with Gasteiger partial charge < -0.3 is 14.6 Å².